The zero-order chi connectivity index (χ0) is 11.1. The number of aromatic nitrogens is 3. The second kappa shape index (κ2) is 4.11. The van der Waals surface area contributed by atoms with Gasteiger partial charge in [0.1, 0.15) is 11.6 Å². The normalized spacial score (nSPS) is 29.9. The second-order valence-corrected chi connectivity index (χ2v) is 5.35. The minimum Gasteiger partial charge on any atom is -0.378 e. The number of halogens is 1. The maximum atomic E-state index is 5.63. The highest BCUT2D eigenvalue weighted by atomic mass is 79.9. The van der Waals surface area contributed by atoms with Crippen LogP contribution in [-0.2, 0) is 10.1 Å². The number of hydrogen-bond donors (Lipinski definition) is 0. The Balaban J connectivity index is 1.91. The Morgan fingerprint density at radius 2 is 2.25 bits per heavy atom. The molecule has 1 aliphatic heterocycles. The molecule has 1 aromatic heterocycles. The molecule has 16 heavy (non-hydrogen) atoms. The van der Waals surface area contributed by atoms with Gasteiger partial charge in [0.2, 0.25) is 0 Å². The van der Waals surface area contributed by atoms with E-state index in [1.165, 1.54) is 12.8 Å². The Hall–Kier alpha value is -0.420. The highest BCUT2D eigenvalue weighted by molar-refractivity contribution is 9.08. The molecule has 1 aliphatic carbocycles. The van der Waals surface area contributed by atoms with Gasteiger partial charge in [-0.1, -0.05) is 15.9 Å². The summed E-state index contributed by atoms with van der Waals surface area (Å²) in [4.78, 5) is 0. The van der Waals surface area contributed by atoms with Crippen LogP contribution in [0.5, 0.6) is 0 Å². The van der Waals surface area contributed by atoms with Gasteiger partial charge in [-0.15, -0.1) is 10.2 Å². The molecular weight excluding hydrogens is 270 g/mol. The van der Waals surface area contributed by atoms with Crippen LogP contribution < -0.4 is 0 Å². The zero-order valence-electron chi connectivity index (χ0n) is 9.40. The molecule has 0 bridgehead atoms. The fourth-order valence-corrected chi connectivity index (χ4v) is 2.82. The lowest BCUT2D eigenvalue weighted by Crippen LogP contribution is -2.10. The average molecular weight is 286 g/mol. The molecule has 4 nitrogen and oxygen atoms in total. The molecule has 0 amide bonds. The van der Waals surface area contributed by atoms with Crippen molar-refractivity contribution in [3.8, 4) is 0 Å². The standard InChI is InChI=1S/C11H16BrN3O/c1-7-4-8(6-16-7)11-14-13-10(5-12)15(11)9-2-3-9/h7-9H,2-6H2,1H3. The second-order valence-electron chi connectivity index (χ2n) is 4.79. The number of nitrogens with zero attached hydrogens (tertiary/aromatic N) is 3. The van der Waals surface area contributed by atoms with Crippen molar-refractivity contribution in [2.24, 2.45) is 0 Å². The first kappa shape index (κ1) is 10.7. The van der Waals surface area contributed by atoms with E-state index in [1.807, 2.05) is 0 Å². The first-order chi connectivity index (χ1) is 7.79. The van der Waals surface area contributed by atoms with Crippen molar-refractivity contribution in [1.29, 1.82) is 0 Å². The van der Waals surface area contributed by atoms with Gasteiger partial charge < -0.3 is 9.30 Å². The van der Waals surface area contributed by atoms with Crippen molar-refractivity contribution < 1.29 is 4.74 Å². The Morgan fingerprint density at radius 1 is 1.44 bits per heavy atom. The fraction of sp³-hybridized carbons (Fsp3) is 0.818. The highest BCUT2D eigenvalue weighted by Gasteiger charge is 2.34. The fourth-order valence-electron chi connectivity index (χ4n) is 2.43. The minimum absolute atomic E-state index is 0.363. The number of alkyl halides is 1. The predicted molar refractivity (Wildman–Crippen MR) is 63.7 cm³/mol. The van der Waals surface area contributed by atoms with Crippen molar-refractivity contribution in [2.45, 2.75) is 49.6 Å². The lowest BCUT2D eigenvalue weighted by molar-refractivity contribution is 0.123. The molecule has 2 unspecified atom stereocenters. The molecule has 5 heteroatoms. The Bertz CT molecular complexity index is 389. The van der Waals surface area contributed by atoms with Gasteiger partial charge in [0.05, 0.1) is 18.0 Å². The SMILES string of the molecule is CC1CC(c2nnc(CBr)n2C2CC2)CO1. The molecule has 1 saturated heterocycles. The molecule has 2 aliphatic rings. The van der Waals surface area contributed by atoms with E-state index in [0.29, 0.717) is 18.1 Å². The number of ether oxygens (including phenoxy) is 1. The van der Waals surface area contributed by atoms with Crippen LogP contribution in [0.4, 0.5) is 0 Å². The van der Waals surface area contributed by atoms with E-state index in [0.717, 1.165) is 30.0 Å². The smallest absolute Gasteiger partial charge is 0.143 e. The maximum absolute atomic E-state index is 5.63. The van der Waals surface area contributed by atoms with Gasteiger partial charge in [-0.05, 0) is 26.2 Å². The van der Waals surface area contributed by atoms with E-state index in [1.54, 1.807) is 0 Å². The van der Waals surface area contributed by atoms with Gasteiger partial charge >= 0.3 is 0 Å². The van der Waals surface area contributed by atoms with Crippen molar-refractivity contribution in [3.05, 3.63) is 11.6 Å². The molecule has 0 radical (unpaired) electrons. The summed E-state index contributed by atoms with van der Waals surface area (Å²) >= 11 is 3.48. The summed E-state index contributed by atoms with van der Waals surface area (Å²) in [6.07, 6.45) is 3.98. The van der Waals surface area contributed by atoms with Crippen LogP contribution in [0.1, 0.15) is 49.8 Å². The molecule has 3 rings (SSSR count). The highest BCUT2D eigenvalue weighted by Crippen LogP contribution is 2.40. The van der Waals surface area contributed by atoms with E-state index in [4.69, 9.17) is 4.74 Å². The predicted octanol–water partition coefficient (Wildman–Crippen LogP) is 2.40. The van der Waals surface area contributed by atoms with Crippen molar-refractivity contribution >= 4 is 15.9 Å². The van der Waals surface area contributed by atoms with Crippen LogP contribution in [-0.4, -0.2) is 27.5 Å². The van der Waals surface area contributed by atoms with Crippen LogP contribution in [0.3, 0.4) is 0 Å². The van der Waals surface area contributed by atoms with E-state index in [9.17, 15) is 0 Å². The van der Waals surface area contributed by atoms with Gasteiger partial charge in [-0.3, -0.25) is 0 Å². The first-order valence-corrected chi connectivity index (χ1v) is 7.03. The third-order valence-corrected chi connectivity index (χ3v) is 3.89. The molecule has 1 saturated carbocycles. The van der Waals surface area contributed by atoms with E-state index in [-0.39, 0.29) is 0 Å². The summed E-state index contributed by atoms with van der Waals surface area (Å²) < 4.78 is 7.96. The monoisotopic (exact) mass is 285 g/mol. The molecule has 2 atom stereocenters. The van der Waals surface area contributed by atoms with Gasteiger partial charge in [0.15, 0.2) is 0 Å². The van der Waals surface area contributed by atoms with Crippen LogP contribution in [0.15, 0.2) is 0 Å². The summed E-state index contributed by atoms with van der Waals surface area (Å²) in [5.41, 5.74) is 0. The van der Waals surface area contributed by atoms with Gasteiger partial charge in [-0.2, -0.15) is 0 Å². The van der Waals surface area contributed by atoms with Crippen LogP contribution in [0.2, 0.25) is 0 Å². The third kappa shape index (κ3) is 1.80. The van der Waals surface area contributed by atoms with Crippen LogP contribution in [0.25, 0.3) is 0 Å². The first-order valence-electron chi connectivity index (χ1n) is 5.91. The molecule has 88 valence electrons. The minimum atomic E-state index is 0.363. The third-order valence-electron chi connectivity index (χ3n) is 3.39. The van der Waals surface area contributed by atoms with Gasteiger partial charge in [0, 0.05) is 12.0 Å². The quantitative estimate of drug-likeness (QED) is 0.801. The largest absolute Gasteiger partial charge is 0.378 e. The summed E-state index contributed by atoms with van der Waals surface area (Å²) in [5, 5.41) is 9.43. The Kier molecular flexibility index (Phi) is 2.75. The summed E-state index contributed by atoms with van der Waals surface area (Å²) in [5.74, 6) is 2.65. The number of rotatable bonds is 3. The Morgan fingerprint density at radius 3 is 2.81 bits per heavy atom. The van der Waals surface area contributed by atoms with E-state index >= 15 is 0 Å². The number of hydrogen-bond acceptors (Lipinski definition) is 3. The molecule has 2 fully saturated rings. The lowest BCUT2D eigenvalue weighted by atomic mass is 10.1. The molecule has 0 spiro atoms. The molecule has 2 heterocycles. The molecule has 0 aromatic carbocycles. The van der Waals surface area contributed by atoms with Crippen LogP contribution >= 0.6 is 15.9 Å². The average Bonchev–Trinajstić information content (AvgIpc) is 2.88. The van der Waals surface area contributed by atoms with E-state index in [2.05, 4.69) is 37.6 Å². The molecular formula is C11H16BrN3O. The van der Waals surface area contributed by atoms with Crippen molar-refractivity contribution in [3.63, 3.8) is 0 Å². The van der Waals surface area contributed by atoms with Gasteiger partial charge in [-0.25, -0.2) is 0 Å². The van der Waals surface area contributed by atoms with Gasteiger partial charge in [0.25, 0.3) is 0 Å². The lowest BCUT2D eigenvalue weighted by Gasteiger charge is -2.11. The molecule has 1 aromatic rings. The van der Waals surface area contributed by atoms with Crippen molar-refractivity contribution in [2.75, 3.05) is 6.61 Å². The zero-order valence-corrected chi connectivity index (χ0v) is 11.0. The molecule has 0 N–H and O–H groups in total. The summed E-state index contributed by atoms with van der Waals surface area (Å²) in [7, 11) is 0. The van der Waals surface area contributed by atoms with Crippen molar-refractivity contribution in [1.82, 2.24) is 14.8 Å². The summed E-state index contributed by atoms with van der Waals surface area (Å²) in [6.45, 7) is 2.93. The topological polar surface area (TPSA) is 39.9 Å². The van der Waals surface area contributed by atoms with E-state index < -0.39 is 0 Å². The summed E-state index contributed by atoms with van der Waals surface area (Å²) in [6, 6.07) is 0.647. The Labute approximate surface area is 104 Å². The maximum Gasteiger partial charge on any atom is 0.143 e. The van der Waals surface area contributed by atoms with Crippen LogP contribution in [0, 0.1) is 0 Å².